The lowest BCUT2D eigenvalue weighted by Crippen LogP contribution is -2.06. The van der Waals surface area contributed by atoms with Gasteiger partial charge in [-0.1, -0.05) is 11.6 Å². The third-order valence-corrected chi connectivity index (χ3v) is 2.75. The molecule has 0 atom stereocenters. The van der Waals surface area contributed by atoms with Crippen LogP contribution in [0.5, 0.6) is 5.75 Å². The lowest BCUT2D eigenvalue weighted by Gasteiger charge is -2.13. The van der Waals surface area contributed by atoms with Gasteiger partial charge in [0.25, 0.3) is 0 Å². The Labute approximate surface area is 122 Å². The van der Waals surface area contributed by atoms with E-state index in [1.54, 1.807) is 30.3 Å². The Hall–Kier alpha value is -1.94. The molecule has 0 spiro atoms. The second-order valence-electron chi connectivity index (χ2n) is 4.71. The molecule has 2 rings (SSSR count). The fourth-order valence-electron chi connectivity index (χ4n) is 1.78. The Morgan fingerprint density at radius 3 is 2.60 bits per heavy atom. The monoisotopic (exact) mass is 294 g/mol. The van der Waals surface area contributed by atoms with E-state index in [-0.39, 0.29) is 6.10 Å². The van der Waals surface area contributed by atoms with Crippen LogP contribution in [0, 0.1) is 5.82 Å². The van der Waals surface area contributed by atoms with Crippen LogP contribution in [0.15, 0.2) is 36.4 Å². The van der Waals surface area contributed by atoms with E-state index in [4.69, 9.17) is 22.1 Å². The SMILES string of the molecule is CC(C)Oc1cc(N)cc(Nc2ccc(Cl)cc2F)c1. The lowest BCUT2D eigenvalue weighted by atomic mass is 10.2. The third-order valence-electron chi connectivity index (χ3n) is 2.51. The van der Waals surface area contributed by atoms with Crippen LogP contribution in [-0.2, 0) is 0 Å². The highest BCUT2D eigenvalue weighted by Gasteiger charge is 2.06. The fourth-order valence-corrected chi connectivity index (χ4v) is 1.94. The Bertz CT molecular complexity index is 617. The van der Waals surface area contributed by atoms with Crippen molar-refractivity contribution >= 4 is 28.7 Å². The van der Waals surface area contributed by atoms with Gasteiger partial charge in [-0.3, -0.25) is 0 Å². The molecule has 0 aliphatic heterocycles. The van der Waals surface area contributed by atoms with Crippen molar-refractivity contribution in [2.45, 2.75) is 20.0 Å². The van der Waals surface area contributed by atoms with Crippen LogP contribution in [0.25, 0.3) is 0 Å². The van der Waals surface area contributed by atoms with Crippen molar-refractivity contribution in [2.75, 3.05) is 11.1 Å². The number of ether oxygens (including phenoxy) is 1. The molecule has 0 unspecified atom stereocenters. The molecule has 0 aromatic heterocycles. The van der Waals surface area contributed by atoms with E-state index in [2.05, 4.69) is 5.32 Å². The highest BCUT2D eigenvalue weighted by molar-refractivity contribution is 6.30. The molecular formula is C15H16ClFN2O. The average Bonchev–Trinajstić information content (AvgIpc) is 2.31. The van der Waals surface area contributed by atoms with E-state index in [1.165, 1.54) is 6.07 Å². The summed E-state index contributed by atoms with van der Waals surface area (Å²) in [5, 5.41) is 3.31. The zero-order chi connectivity index (χ0) is 14.7. The van der Waals surface area contributed by atoms with Crippen LogP contribution in [0.1, 0.15) is 13.8 Å². The topological polar surface area (TPSA) is 47.3 Å². The molecular weight excluding hydrogens is 279 g/mol. The van der Waals surface area contributed by atoms with Gasteiger partial charge in [0.15, 0.2) is 0 Å². The summed E-state index contributed by atoms with van der Waals surface area (Å²) in [4.78, 5) is 0. The van der Waals surface area contributed by atoms with Crippen molar-refractivity contribution in [2.24, 2.45) is 0 Å². The first-order chi connectivity index (χ1) is 9.44. The number of nitrogens with two attached hydrogens (primary N) is 1. The minimum Gasteiger partial charge on any atom is -0.491 e. The Kier molecular flexibility index (Phi) is 4.35. The third kappa shape index (κ3) is 3.78. The number of hydrogen-bond donors (Lipinski definition) is 2. The molecule has 3 N–H and O–H groups in total. The predicted molar refractivity (Wildman–Crippen MR) is 81.3 cm³/mol. The molecule has 0 saturated heterocycles. The standard InChI is InChI=1S/C15H16ClFN2O/c1-9(2)20-13-7-11(18)6-12(8-13)19-15-4-3-10(16)5-14(15)17/h3-9,19H,18H2,1-2H3. The van der Waals surface area contributed by atoms with Crippen molar-refractivity contribution in [1.29, 1.82) is 0 Å². The molecule has 0 heterocycles. The number of rotatable bonds is 4. The van der Waals surface area contributed by atoms with Gasteiger partial charge in [0, 0.05) is 28.5 Å². The summed E-state index contributed by atoms with van der Waals surface area (Å²) >= 11 is 5.72. The summed E-state index contributed by atoms with van der Waals surface area (Å²) in [7, 11) is 0. The average molecular weight is 295 g/mol. The molecule has 0 bridgehead atoms. The summed E-state index contributed by atoms with van der Waals surface area (Å²) in [6, 6.07) is 9.64. The van der Waals surface area contributed by atoms with Crippen molar-refractivity contribution in [3.8, 4) is 5.75 Å². The van der Waals surface area contributed by atoms with Crippen LogP contribution in [0.2, 0.25) is 5.02 Å². The molecule has 0 fully saturated rings. The van der Waals surface area contributed by atoms with Gasteiger partial charge in [-0.05, 0) is 38.1 Å². The first-order valence-corrected chi connectivity index (χ1v) is 6.61. The Morgan fingerprint density at radius 2 is 1.95 bits per heavy atom. The number of anilines is 3. The molecule has 106 valence electrons. The van der Waals surface area contributed by atoms with Crippen LogP contribution >= 0.6 is 11.6 Å². The van der Waals surface area contributed by atoms with Crippen molar-refractivity contribution < 1.29 is 9.13 Å². The van der Waals surface area contributed by atoms with Crippen LogP contribution in [-0.4, -0.2) is 6.10 Å². The van der Waals surface area contributed by atoms with E-state index in [9.17, 15) is 4.39 Å². The summed E-state index contributed by atoms with van der Waals surface area (Å²) in [6.07, 6.45) is 0.0388. The molecule has 0 aliphatic carbocycles. The molecule has 20 heavy (non-hydrogen) atoms. The number of halogens is 2. The van der Waals surface area contributed by atoms with E-state index >= 15 is 0 Å². The maximum absolute atomic E-state index is 13.7. The van der Waals surface area contributed by atoms with Gasteiger partial charge in [-0.25, -0.2) is 4.39 Å². The predicted octanol–water partition coefficient (Wildman–Crippen LogP) is 4.59. The van der Waals surface area contributed by atoms with Crippen LogP contribution in [0.3, 0.4) is 0 Å². The Morgan fingerprint density at radius 1 is 1.20 bits per heavy atom. The smallest absolute Gasteiger partial charge is 0.148 e. The molecule has 0 aliphatic rings. The number of benzene rings is 2. The largest absolute Gasteiger partial charge is 0.491 e. The summed E-state index contributed by atoms with van der Waals surface area (Å²) < 4.78 is 19.3. The first kappa shape index (κ1) is 14.5. The molecule has 0 amide bonds. The number of nitrogens with one attached hydrogen (secondary N) is 1. The maximum atomic E-state index is 13.7. The summed E-state index contributed by atoms with van der Waals surface area (Å²) in [5.41, 5.74) is 7.34. The zero-order valence-electron chi connectivity index (χ0n) is 11.3. The van der Waals surface area contributed by atoms with Crippen molar-refractivity contribution in [1.82, 2.24) is 0 Å². The highest BCUT2D eigenvalue weighted by Crippen LogP contribution is 2.28. The summed E-state index contributed by atoms with van der Waals surface area (Å²) in [6.45, 7) is 3.85. The van der Waals surface area contributed by atoms with E-state index < -0.39 is 5.82 Å². The van der Waals surface area contributed by atoms with E-state index in [1.807, 2.05) is 13.8 Å². The van der Waals surface area contributed by atoms with Crippen molar-refractivity contribution in [3.05, 3.63) is 47.2 Å². The lowest BCUT2D eigenvalue weighted by molar-refractivity contribution is 0.242. The fraction of sp³-hybridized carbons (Fsp3) is 0.200. The molecule has 2 aromatic carbocycles. The van der Waals surface area contributed by atoms with Crippen LogP contribution < -0.4 is 15.8 Å². The molecule has 0 saturated carbocycles. The number of nitrogen functional groups attached to an aromatic ring is 1. The molecule has 2 aromatic rings. The van der Waals surface area contributed by atoms with E-state index in [0.29, 0.717) is 27.8 Å². The van der Waals surface area contributed by atoms with Gasteiger partial charge < -0.3 is 15.8 Å². The van der Waals surface area contributed by atoms with Gasteiger partial charge in [0.05, 0.1) is 11.8 Å². The zero-order valence-corrected chi connectivity index (χ0v) is 12.0. The van der Waals surface area contributed by atoms with Crippen LogP contribution in [0.4, 0.5) is 21.5 Å². The normalized spacial score (nSPS) is 10.7. The highest BCUT2D eigenvalue weighted by atomic mass is 35.5. The quantitative estimate of drug-likeness (QED) is 0.811. The van der Waals surface area contributed by atoms with Gasteiger partial charge in [-0.15, -0.1) is 0 Å². The Balaban J connectivity index is 2.26. The van der Waals surface area contributed by atoms with Gasteiger partial charge >= 0.3 is 0 Å². The van der Waals surface area contributed by atoms with Gasteiger partial charge in [0.1, 0.15) is 11.6 Å². The minimum atomic E-state index is -0.425. The molecule has 3 nitrogen and oxygen atoms in total. The van der Waals surface area contributed by atoms with Gasteiger partial charge in [-0.2, -0.15) is 0 Å². The maximum Gasteiger partial charge on any atom is 0.148 e. The molecule has 0 radical (unpaired) electrons. The van der Waals surface area contributed by atoms with Gasteiger partial charge in [0.2, 0.25) is 0 Å². The minimum absolute atomic E-state index is 0.0388. The first-order valence-electron chi connectivity index (χ1n) is 6.23. The summed E-state index contributed by atoms with van der Waals surface area (Å²) in [5.74, 6) is 0.211. The molecule has 5 heteroatoms. The second kappa shape index (κ2) is 6.01. The van der Waals surface area contributed by atoms with Crippen molar-refractivity contribution in [3.63, 3.8) is 0 Å². The van der Waals surface area contributed by atoms with E-state index in [0.717, 1.165) is 0 Å². The number of hydrogen-bond acceptors (Lipinski definition) is 3. The second-order valence-corrected chi connectivity index (χ2v) is 5.14.